The molecule has 1 unspecified atom stereocenters. The molecule has 0 aromatic heterocycles. The Hall–Kier alpha value is -2.61. The summed E-state index contributed by atoms with van der Waals surface area (Å²) in [5, 5.41) is 4.58. The zero-order valence-corrected chi connectivity index (χ0v) is 11.5. The van der Waals surface area contributed by atoms with Crippen molar-refractivity contribution < 1.29 is 24.0 Å². The molecular formula is C13H17N3O5. The number of ether oxygens (including phenoxy) is 1. The topological polar surface area (TPSA) is 120 Å². The number of hydrogen-bond acceptors (Lipinski definition) is 6. The lowest BCUT2D eigenvalue weighted by molar-refractivity contribution is -0.144. The quantitative estimate of drug-likeness (QED) is 0.627. The van der Waals surface area contributed by atoms with E-state index in [0.29, 0.717) is 0 Å². The molecule has 1 aromatic rings. The van der Waals surface area contributed by atoms with E-state index in [2.05, 4.69) is 21.4 Å². The number of amides is 2. The van der Waals surface area contributed by atoms with Crippen LogP contribution >= 0.6 is 0 Å². The molecule has 0 bridgehead atoms. The SMILES string of the molecule is CC(NC(=O)OCc1ccccc1)C(=O)NCC(=O)ON. The molecule has 0 spiro atoms. The van der Waals surface area contributed by atoms with E-state index < -0.39 is 24.0 Å². The summed E-state index contributed by atoms with van der Waals surface area (Å²) in [4.78, 5) is 37.7. The van der Waals surface area contributed by atoms with Crippen molar-refractivity contribution in [3.8, 4) is 0 Å². The molecule has 0 aliphatic rings. The summed E-state index contributed by atoms with van der Waals surface area (Å²) in [6, 6.07) is 8.25. The van der Waals surface area contributed by atoms with Crippen LogP contribution in [-0.2, 0) is 25.8 Å². The Bertz CT molecular complexity index is 492. The van der Waals surface area contributed by atoms with E-state index >= 15 is 0 Å². The number of rotatable bonds is 6. The maximum atomic E-state index is 11.5. The van der Waals surface area contributed by atoms with Gasteiger partial charge >= 0.3 is 12.1 Å². The lowest BCUT2D eigenvalue weighted by Crippen LogP contribution is -2.46. The molecule has 114 valence electrons. The highest BCUT2D eigenvalue weighted by molar-refractivity contribution is 5.87. The summed E-state index contributed by atoms with van der Waals surface area (Å²) in [7, 11) is 0. The Labute approximate surface area is 121 Å². The summed E-state index contributed by atoms with van der Waals surface area (Å²) in [6.45, 7) is 1.17. The van der Waals surface area contributed by atoms with Crippen LogP contribution in [0.2, 0.25) is 0 Å². The van der Waals surface area contributed by atoms with E-state index in [-0.39, 0.29) is 13.2 Å². The number of carbonyl (C=O) groups is 3. The van der Waals surface area contributed by atoms with Gasteiger partial charge in [-0.2, -0.15) is 5.90 Å². The van der Waals surface area contributed by atoms with E-state index in [9.17, 15) is 14.4 Å². The third-order valence-corrected chi connectivity index (χ3v) is 2.48. The summed E-state index contributed by atoms with van der Waals surface area (Å²) >= 11 is 0. The van der Waals surface area contributed by atoms with Crippen LogP contribution in [0.5, 0.6) is 0 Å². The number of benzene rings is 1. The predicted octanol–water partition coefficient (Wildman–Crippen LogP) is -0.166. The van der Waals surface area contributed by atoms with Crippen LogP contribution in [0.15, 0.2) is 30.3 Å². The van der Waals surface area contributed by atoms with Crippen molar-refractivity contribution in [2.24, 2.45) is 5.90 Å². The fraction of sp³-hybridized carbons (Fsp3) is 0.308. The molecule has 0 aliphatic heterocycles. The highest BCUT2D eigenvalue weighted by Crippen LogP contribution is 2.00. The first-order valence-corrected chi connectivity index (χ1v) is 6.17. The van der Waals surface area contributed by atoms with Crippen molar-refractivity contribution >= 4 is 18.0 Å². The predicted molar refractivity (Wildman–Crippen MR) is 72.5 cm³/mol. The first-order valence-electron chi connectivity index (χ1n) is 6.17. The van der Waals surface area contributed by atoms with Gasteiger partial charge in [-0.15, -0.1) is 0 Å². The maximum absolute atomic E-state index is 11.5. The summed E-state index contributed by atoms with van der Waals surface area (Å²) in [5.41, 5.74) is 0.829. The number of nitrogens with two attached hydrogens (primary N) is 1. The van der Waals surface area contributed by atoms with Crippen molar-refractivity contribution in [1.82, 2.24) is 10.6 Å². The van der Waals surface area contributed by atoms with Gasteiger partial charge in [0, 0.05) is 0 Å². The Balaban J connectivity index is 2.29. The summed E-state index contributed by atoms with van der Waals surface area (Å²) < 4.78 is 4.95. The van der Waals surface area contributed by atoms with Crippen molar-refractivity contribution in [2.75, 3.05) is 6.54 Å². The summed E-state index contributed by atoms with van der Waals surface area (Å²) in [6.07, 6.45) is -0.733. The average molecular weight is 295 g/mol. The van der Waals surface area contributed by atoms with Crippen LogP contribution in [0.1, 0.15) is 12.5 Å². The molecule has 0 aliphatic carbocycles. The molecule has 1 atom stereocenters. The molecule has 1 aromatic carbocycles. The standard InChI is InChI=1S/C13H17N3O5/c1-9(12(18)15-7-11(17)21-14)16-13(19)20-8-10-5-3-2-4-6-10/h2-6,9H,7-8,14H2,1H3,(H,15,18)(H,16,19). The van der Waals surface area contributed by atoms with E-state index in [1.54, 1.807) is 0 Å². The van der Waals surface area contributed by atoms with E-state index in [1.807, 2.05) is 30.3 Å². The Morgan fingerprint density at radius 2 is 1.90 bits per heavy atom. The van der Waals surface area contributed by atoms with Crippen LogP contribution in [0.4, 0.5) is 4.79 Å². The van der Waals surface area contributed by atoms with Crippen molar-refractivity contribution in [3.63, 3.8) is 0 Å². The highest BCUT2D eigenvalue weighted by atomic mass is 16.7. The number of nitrogens with one attached hydrogen (secondary N) is 2. The minimum absolute atomic E-state index is 0.0977. The molecule has 21 heavy (non-hydrogen) atoms. The molecular weight excluding hydrogens is 278 g/mol. The third-order valence-electron chi connectivity index (χ3n) is 2.48. The molecule has 2 amide bonds. The molecule has 8 nitrogen and oxygen atoms in total. The van der Waals surface area contributed by atoms with Gasteiger partial charge in [-0.1, -0.05) is 30.3 Å². The van der Waals surface area contributed by atoms with Crippen LogP contribution in [0.25, 0.3) is 0 Å². The molecule has 0 saturated heterocycles. The fourth-order valence-corrected chi connectivity index (χ4v) is 1.36. The molecule has 0 saturated carbocycles. The normalized spacial score (nSPS) is 11.1. The zero-order chi connectivity index (χ0) is 15.7. The highest BCUT2D eigenvalue weighted by Gasteiger charge is 2.17. The Kier molecular flexibility index (Phi) is 6.69. The molecule has 8 heteroatoms. The lowest BCUT2D eigenvalue weighted by atomic mass is 10.2. The minimum atomic E-state index is -0.862. The second-order valence-corrected chi connectivity index (χ2v) is 4.14. The fourth-order valence-electron chi connectivity index (χ4n) is 1.36. The van der Waals surface area contributed by atoms with Gasteiger partial charge in [0.1, 0.15) is 19.2 Å². The molecule has 0 fully saturated rings. The van der Waals surface area contributed by atoms with Gasteiger partial charge in [0.25, 0.3) is 0 Å². The average Bonchev–Trinajstić information content (AvgIpc) is 2.51. The monoisotopic (exact) mass is 295 g/mol. The van der Waals surface area contributed by atoms with Gasteiger partial charge in [0.05, 0.1) is 0 Å². The molecule has 4 N–H and O–H groups in total. The second-order valence-electron chi connectivity index (χ2n) is 4.14. The van der Waals surface area contributed by atoms with Gasteiger partial charge < -0.3 is 20.2 Å². The van der Waals surface area contributed by atoms with Gasteiger partial charge in [-0.3, -0.25) is 4.79 Å². The van der Waals surface area contributed by atoms with Crippen molar-refractivity contribution in [1.29, 1.82) is 0 Å². The van der Waals surface area contributed by atoms with Gasteiger partial charge in [-0.25, -0.2) is 9.59 Å². The summed E-state index contributed by atoms with van der Waals surface area (Å²) in [5.74, 6) is 3.27. The van der Waals surface area contributed by atoms with Crippen molar-refractivity contribution in [2.45, 2.75) is 19.6 Å². The Morgan fingerprint density at radius 1 is 1.24 bits per heavy atom. The van der Waals surface area contributed by atoms with E-state index in [1.165, 1.54) is 6.92 Å². The van der Waals surface area contributed by atoms with Crippen molar-refractivity contribution in [3.05, 3.63) is 35.9 Å². The Morgan fingerprint density at radius 3 is 2.52 bits per heavy atom. The van der Waals surface area contributed by atoms with E-state index in [4.69, 9.17) is 4.74 Å². The number of hydrogen-bond donors (Lipinski definition) is 3. The van der Waals surface area contributed by atoms with Gasteiger partial charge in [0.2, 0.25) is 5.91 Å². The smallest absolute Gasteiger partial charge is 0.408 e. The van der Waals surface area contributed by atoms with Crippen LogP contribution < -0.4 is 16.5 Å². The maximum Gasteiger partial charge on any atom is 0.408 e. The largest absolute Gasteiger partial charge is 0.445 e. The zero-order valence-electron chi connectivity index (χ0n) is 11.5. The molecule has 1 rings (SSSR count). The van der Waals surface area contributed by atoms with Crippen LogP contribution in [-0.4, -0.2) is 30.6 Å². The van der Waals surface area contributed by atoms with Crippen LogP contribution in [0, 0.1) is 0 Å². The second kappa shape index (κ2) is 8.54. The first-order chi connectivity index (χ1) is 10.0. The number of alkyl carbamates (subject to hydrolysis) is 1. The first kappa shape index (κ1) is 16.4. The molecule has 0 heterocycles. The van der Waals surface area contributed by atoms with Gasteiger partial charge in [0.15, 0.2) is 0 Å². The lowest BCUT2D eigenvalue weighted by Gasteiger charge is -2.13. The number of carbonyl (C=O) groups excluding carboxylic acids is 3. The van der Waals surface area contributed by atoms with Gasteiger partial charge in [-0.05, 0) is 12.5 Å². The third kappa shape index (κ3) is 6.39. The minimum Gasteiger partial charge on any atom is -0.445 e. The van der Waals surface area contributed by atoms with Crippen LogP contribution in [0.3, 0.4) is 0 Å². The molecule has 0 radical (unpaired) electrons. The van der Waals surface area contributed by atoms with E-state index in [0.717, 1.165) is 5.56 Å².